The summed E-state index contributed by atoms with van der Waals surface area (Å²) in [6.07, 6.45) is 0. The van der Waals surface area contributed by atoms with E-state index < -0.39 is 9.84 Å². The van der Waals surface area contributed by atoms with E-state index in [0.29, 0.717) is 18.9 Å². The Hall–Kier alpha value is -1.66. The number of nitrogens with two attached hydrogens (primary N) is 1. The Kier molecular flexibility index (Phi) is 3.59. The van der Waals surface area contributed by atoms with Crippen molar-refractivity contribution in [2.75, 3.05) is 23.8 Å². The van der Waals surface area contributed by atoms with Crippen LogP contribution in [0.25, 0.3) is 10.9 Å². The summed E-state index contributed by atoms with van der Waals surface area (Å²) in [7, 11) is -2.89. The van der Waals surface area contributed by atoms with Gasteiger partial charge in [0.05, 0.1) is 17.0 Å². The number of para-hydroxylation sites is 1. The van der Waals surface area contributed by atoms with E-state index >= 15 is 0 Å². The Bertz CT molecular complexity index is 774. The molecule has 1 aromatic heterocycles. The Morgan fingerprint density at radius 1 is 1.38 bits per heavy atom. The van der Waals surface area contributed by atoms with Gasteiger partial charge in [0.1, 0.15) is 5.82 Å². The molecule has 1 saturated heterocycles. The van der Waals surface area contributed by atoms with E-state index in [4.69, 9.17) is 5.73 Å². The molecule has 21 heavy (non-hydrogen) atoms. The highest BCUT2D eigenvalue weighted by molar-refractivity contribution is 7.91. The molecule has 2 N–H and O–H groups in total. The monoisotopic (exact) mass is 305 g/mol. The summed E-state index contributed by atoms with van der Waals surface area (Å²) >= 11 is 0. The van der Waals surface area contributed by atoms with Gasteiger partial charge < -0.3 is 5.73 Å². The first-order valence-electron chi connectivity index (χ1n) is 7.03. The van der Waals surface area contributed by atoms with Gasteiger partial charge in [-0.25, -0.2) is 13.4 Å². The smallest absolute Gasteiger partial charge is 0.153 e. The maximum absolute atomic E-state index is 11.6. The summed E-state index contributed by atoms with van der Waals surface area (Å²) in [5.74, 6) is 0.959. The maximum atomic E-state index is 11.6. The van der Waals surface area contributed by atoms with E-state index in [1.807, 2.05) is 37.3 Å². The van der Waals surface area contributed by atoms with Crippen molar-refractivity contribution < 1.29 is 8.42 Å². The predicted molar refractivity (Wildman–Crippen MR) is 84.7 cm³/mol. The zero-order valence-corrected chi connectivity index (χ0v) is 12.8. The third kappa shape index (κ3) is 3.01. The van der Waals surface area contributed by atoms with Gasteiger partial charge in [0, 0.05) is 30.1 Å². The molecule has 6 heteroatoms. The fourth-order valence-corrected chi connectivity index (χ4v) is 4.41. The van der Waals surface area contributed by atoms with Crippen LogP contribution in [-0.4, -0.2) is 42.4 Å². The van der Waals surface area contributed by atoms with Gasteiger partial charge in [-0.05, 0) is 19.1 Å². The number of pyridine rings is 1. The number of fused-ring (bicyclic) bond motifs is 1. The number of hydrogen-bond donors (Lipinski definition) is 1. The summed E-state index contributed by atoms with van der Waals surface area (Å²) in [5, 5.41) is 1.05. The minimum atomic E-state index is -2.89. The maximum Gasteiger partial charge on any atom is 0.153 e. The van der Waals surface area contributed by atoms with Crippen LogP contribution in [0.3, 0.4) is 0 Å². The molecule has 0 spiro atoms. The predicted octanol–water partition coefficient (Wildman–Crippen LogP) is 1.44. The van der Waals surface area contributed by atoms with Crippen molar-refractivity contribution in [3.63, 3.8) is 0 Å². The SMILES string of the molecule is CC1CS(=O)(=O)CCN1Cc1cc2ccccc2nc1N. The summed E-state index contributed by atoms with van der Waals surface area (Å²) in [4.78, 5) is 6.58. The summed E-state index contributed by atoms with van der Waals surface area (Å²) in [6.45, 7) is 3.14. The average molecular weight is 305 g/mol. The van der Waals surface area contributed by atoms with Gasteiger partial charge in [-0.1, -0.05) is 18.2 Å². The van der Waals surface area contributed by atoms with Crippen LogP contribution in [-0.2, 0) is 16.4 Å². The van der Waals surface area contributed by atoms with E-state index in [-0.39, 0.29) is 17.5 Å². The number of sulfone groups is 1. The minimum absolute atomic E-state index is 0.00891. The third-order valence-electron chi connectivity index (χ3n) is 4.02. The van der Waals surface area contributed by atoms with Gasteiger partial charge in [-0.3, -0.25) is 4.90 Å². The summed E-state index contributed by atoms with van der Waals surface area (Å²) in [5.41, 5.74) is 7.89. The summed E-state index contributed by atoms with van der Waals surface area (Å²) < 4.78 is 23.3. The third-order valence-corrected chi connectivity index (χ3v) is 5.81. The topological polar surface area (TPSA) is 76.3 Å². The quantitative estimate of drug-likeness (QED) is 0.908. The molecule has 1 aliphatic rings. The molecule has 0 bridgehead atoms. The van der Waals surface area contributed by atoms with Gasteiger partial charge in [-0.15, -0.1) is 0 Å². The van der Waals surface area contributed by atoms with Crippen molar-refractivity contribution in [2.45, 2.75) is 19.5 Å². The first-order chi connectivity index (χ1) is 9.94. The number of rotatable bonds is 2. The molecule has 1 aliphatic heterocycles. The van der Waals surface area contributed by atoms with Crippen LogP contribution >= 0.6 is 0 Å². The molecule has 0 aliphatic carbocycles. The first-order valence-corrected chi connectivity index (χ1v) is 8.85. The van der Waals surface area contributed by atoms with E-state index in [0.717, 1.165) is 16.5 Å². The van der Waals surface area contributed by atoms with Crippen LogP contribution in [0.15, 0.2) is 30.3 Å². The molecule has 5 nitrogen and oxygen atoms in total. The van der Waals surface area contributed by atoms with Gasteiger partial charge >= 0.3 is 0 Å². The zero-order valence-electron chi connectivity index (χ0n) is 12.0. The number of aromatic nitrogens is 1. The zero-order chi connectivity index (χ0) is 15.0. The number of benzene rings is 1. The number of nitrogen functional groups attached to an aromatic ring is 1. The molecular formula is C15H19N3O2S. The highest BCUT2D eigenvalue weighted by Crippen LogP contribution is 2.22. The molecule has 112 valence electrons. The molecule has 0 amide bonds. The van der Waals surface area contributed by atoms with Crippen LogP contribution < -0.4 is 5.73 Å². The van der Waals surface area contributed by atoms with Crippen molar-refractivity contribution in [1.29, 1.82) is 0 Å². The highest BCUT2D eigenvalue weighted by atomic mass is 32.2. The largest absolute Gasteiger partial charge is 0.383 e. The van der Waals surface area contributed by atoms with Crippen molar-refractivity contribution in [1.82, 2.24) is 9.88 Å². The highest BCUT2D eigenvalue weighted by Gasteiger charge is 2.28. The number of anilines is 1. The molecule has 2 aromatic rings. The molecule has 1 atom stereocenters. The average Bonchev–Trinajstić information content (AvgIpc) is 2.42. The van der Waals surface area contributed by atoms with E-state index in [1.54, 1.807) is 0 Å². The van der Waals surface area contributed by atoms with Crippen molar-refractivity contribution in [3.8, 4) is 0 Å². The first kappa shape index (κ1) is 14.3. The molecule has 0 saturated carbocycles. The second-order valence-corrected chi connectivity index (χ2v) is 7.89. The Balaban J connectivity index is 1.86. The fraction of sp³-hybridized carbons (Fsp3) is 0.400. The lowest BCUT2D eigenvalue weighted by molar-refractivity contribution is 0.218. The molecule has 0 radical (unpaired) electrons. The van der Waals surface area contributed by atoms with Gasteiger partial charge in [-0.2, -0.15) is 0 Å². The van der Waals surface area contributed by atoms with E-state index in [1.165, 1.54) is 0 Å². The minimum Gasteiger partial charge on any atom is -0.383 e. The standard InChI is InChI=1S/C15H19N3O2S/c1-11-10-21(19,20)7-6-18(11)9-13-8-12-4-2-3-5-14(12)17-15(13)16/h2-5,8,11H,6-7,9-10H2,1H3,(H2,16,17). The summed E-state index contributed by atoms with van der Waals surface area (Å²) in [6, 6.07) is 9.91. The molecule has 1 aromatic carbocycles. The van der Waals surface area contributed by atoms with Gasteiger partial charge in [0.25, 0.3) is 0 Å². The van der Waals surface area contributed by atoms with Crippen LogP contribution in [0.5, 0.6) is 0 Å². The van der Waals surface area contributed by atoms with Crippen LogP contribution in [0, 0.1) is 0 Å². The van der Waals surface area contributed by atoms with Gasteiger partial charge in [0.2, 0.25) is 0 Å². The lowest BCUT2D eigenvalue weighted by Gasteiger charge is -2.33. The van der Waals surface area contributed by atoms with E-state index in [2.05, 4.69) is 9.88 Å². The number of hydrogen-bond acceptors (Lipinski definition) is 5. The number of nitrogens with zero attached hydrogens (tertiary/aromatic N) is 2. The second-order valence-electron chi connectivity index (χ2n) is 5.66. The second kappa shape index (κ2) is 5.27. The molecule has 3 rings (SSSR count). The molecule has 1 unspecified atom stereocenters. The fourth-order valence-electron chi connectivity index (χ4n) is 2.79. The van der Waals surface area contributed by atoms with Crippen LogP contribution in [0.1, 0.15) is 12.5 Å². The van der Waals surface area contributed by atoms with Gasteiger partial charge in [0.15, 0.2) is 9.84 Å². The molecule has 1 fully saturated rings. The lowest BCUT2D eigenvalue weighted by atomic mass is 10.1. The van der Waals surface area contributed by atoms with Crippen LogP contribution in [0.2, 0.25) is 0 Å². The van der Waals surface area contributed by atoms with Crippen molar-refractivity contribution in [2.24, 2.45) is 0 Å². The van der Waals surface area contributed by atoms with E-state index in [9.17, 15) is 8.42 Å². The lowest BCUT2D eigenvalue weighted by Crippen LogP contribution is -2.46. The molecular weight excluding hydrogens is 286 g/mol. The molecule has 2 heterocycles. The Labute approximate surface area is 124 Å². The van der Waals surface area contributed by atoms with Crippen molar-refractivity contribution >= 4 is 26.6 Å². The Morgan fingerprint density at radius 2 is 2.14 bits per heavy atom. The van der Waals surface area contributed by atoms with Crippen LogP contribution in [0.4, 0.5) is 5.82 Å². The van der Waals surface area contributed by atoms with Crippen molar-refractivity contribution in [3.05, 3.63) is 35.9 Å². The Morgan fingerprint density at radius 3 is 2.90 bits per heavy atom. The normalized spacial score (nSPS) is 22.4.